The molecule has 1 aromatic carbocycles. The molecule has 0 atom stereocenters. The minimum atomic E-state index is 0.0152. The Labute approximate surface area is 136 Å². The van der Waals surface area contributed by atoms with Gasteiger partial charge in [0.25, 0.3) is 5.91 Å². The summed E-state index contributed by atoms with van der Waals surface area (Å²) < 4.78 is 0. The molecule has 1 amide bonds. The highest BCUT2D eigenvalue weighted by Crippen LogP contribution is 2.10. The normalized spacial score (nSPS) is 10.6. The van der Waals surface area contributed by atoms with E-state index >= 15 is 0 Å². The van der Waals surface area contributed by atoms with Crippen LogP contribution in [0.15, 0.2) is 24.3 Å². The molecular formula is C20H32NO. The molecule has 0 heterocycles. The average Bonchev–Trinajstić information content (AvgIpc) is 2.52. The van der Waals surface area contributed by atoms with Gasteiger partial charge < -0.3 is 5.32 Å². The molecule has 1 radical (unpaired) electrons. The number of hydrogen-bond acceptors (Lipinski definition) is 1. The van der Waals surface area contributed by atoms with Crippen LogP contribution in [-0.2, 0) is 0 Å². The molecule has 0 unspecified atom stereocenters. The number of rotatable bonds is 12. The monoisotopic (exact) mass is 302 g/mol. The van der Waals surface area contributed by atoms with Gasteiger partial charge in [0.05, 0.1) is 0 Å². The minimum absolute atomic E-state index is 0.0152. The average molecular weight is 302 g/mol. The molecule has 2 heteroatoms. The van der Waals surface area contributed by atoms with Gasteiger partial charge in [0, 0.05) is 12.1 Å². The van der Waals surface area contributed by atoms with E-state index in [0.29, 0.717) is 5.56 Å². The molecular weight excluding hydrogens is 270 g/mol. The lowest BCUT2D eigenvalue weighted by atomic mass is 10.1. The molecule has 0 saturated heterocycles. The molecule has 1 aromatic rings. The molecule has 2 nitrogen and oxygen atoms in total. The van der Waals surface area contributed by atoms with Crippen molar-refractivity contribution < 1.29 is 4.79 Å². The Bertz CT molecular complexity index is 414. The van der Waals surface area contributed by atoms with Crippen LogP contribution < -0.4 is 5.32 Å². The lowest BCUT2D eigenvalue weighted by Crippen LogP contribution is -2.24. The second-order valence-corrected chi connectivity index (χ2v) is 6.14. The van der Waals surface area contributed by atoms with E-state index in [0.717, 1.165) is 18.5 Å². The largest absolute Gasteiger partial charge is 0.352 e. The Hall–Kier alpha value is -1.31. The predicted octanol–water partition coefficient (Wildman–Crippen LogP) is 5.52. The molecule has 1 rings (SSSR count). The van der Waals surface area contributed by atoms with Crippen molar-refractivity contribution in [2.75, 3.05) is 6.54 Å². The Morgan fingerprint density at radius 2 is 1.55 bits per heavy atom. The van der Waals surface area contributed by atoms with Crippen molar-refractivity contribution in [3.63, 3.8) is 0 Å². The van der Waals surface area contributed by atoms with Gasteiger partial charge in [-0.25, -0.2) is 0 Å². The van der Waals surface area contributed by atoms with Crippen molar-refractivity contribution in [2.24, 2.45) is 0 Å². The van der Waals surface area contributed by atoms with Crippen molar-refractivity contribution in [1.29, 1.82) is 0 Å². The van der Waals surface area contributed by atoms with Gasteiger partial charge in [0.1, 0.15) is 0 Å². The summed E-state index contributed by atoms with van der Waals surface area (Å²) in [6.45, 7) is 6.88. The molecule has 1 N–H and O–H groups in total. The lowest BCUT2D eigenvalue weighted by molar-refractivity contribution is 0.0953. The smallest absolute Gasteiger partial charge is 0.251 e. The highest BCUT2D eigenvalue weighted by Gasteiger charge is 2.03. The predicted molar refractivity (Wildman–Crippen MR) is 95.1 cm³/mol. The van der Waals surface area contributed by atoms with Crippen molar-refractivity contribution in [3.8, 4) is 0 Å². The van der Waals surface area contributed by atoms with Crippen LogP contribution in [0.5, 0.6) is 0 Å². The number of carbonyl (C=O) groups excluding carboxylic acids is 1. The number of unbranched alkanes of at least 4 members (excludes halogenated alkanes) is 9. The van der Waals surface area contributed by atoms with Crippen LogP contribution >= 0.6 is 0 Å². The molecule has 0 saturated carbocycles. The third-order valence-corrected chi connectivity index (χ3v) is 4.01. The highest BCUT2D eigenvalue weighted by molar-refractivity contribution is 5.94. The molecule has 0 spiro atoms. The summed E-state index contributed by atoms with van der Waals surface area (Å²) in [5.74, 6) is 0.0152. The summed E-state index contributed by atoms with van der Waals surface area (Å²) >= 11 is 0. The first-order valence-electron chi connectivity index (χ1n) is 8.94. The first kappa shape index (κ1) is 18.7. The maximum Gasteiger partial charge on any atom is 0.251 e. The van der Waals surface area contributed by atoms with Gasteiger partial charge in [-0.15, -0.1) is 0 Å². The van der Waals surface area contributed by atoms with E-state index < -0.39 is 0 Å². The molecule has 0 aliphatic heterocycles. The number of benzene rings is 1. The van der Waals surface area contributed by atoms with E-state index in [-0.39, 0.29) is 5.91 Å². The van der Waals surface area contributed by atoms with Gasteiger partial charge in [-0.3, -0.25) is 4.79 Å². The zero-order valence-corrected chi connectivity index (χ0v) is 14.2. The van der Waals surface area contributed by atoms with Crippen LogP contribution in [0.3, 0.4) is 0 Å². The van der Waals surface area contributed by atoms with Crippen LogP contribution in [-0.4, -0.2) is 12.5 Å². The van der Waals surface area contributed by atoms with Crippen LogP contribution in [0.25, 0.3) is 0 Å². The zero-order valence-electron chi connectivity index (χ0n) is 14.2. The van der Waals surface area contributed by atoms with Gasteiger partial charge >= 0.3 is 0 Å². The number of carbonyl (C=O) groups is 1. The van der Waals surface area contributed by atoms with Gasteiger partial charge in [0.15, 0.2) is 0 Å². The first-order chi connectivity index (χ1) is 10.7. The van der Waals surface area contributed by atoms with E-state index in [2.05, 4.69) is 19.2 Å². The summed E-state index contributed by atoms with van der Waals surface area (Å²) in [6, 6.07) is 7.44. The van der Waals surface area contributed by atoms with Crippen LogP contribution in [0.2, 0.25) is 0 Å². The highest BCUT2D eigenvalue weighted by atomic mass is 16.1. The van der Waals surface area contributed by atoms with Gasteiger partial charge in [0.2, 0.25) is 0 Å². The van der Waals surface area contributed by atoms with E-state index in [1.807, 2.05) is 24.3 Å². The molecule has 0 aromatic heterocycles. The molecule has 22 heavy (non-hydrogen) atoms. The SMILES string of the molecule is [CH2]c1cccc(C(=O)NCCCCCCCCCCCC)c1. The Balaban J connectivity index is 1.94. The van der Waals surface area contributed by atoms with Gasteiger partial charge in [-0.1, -0.05) is 76.8 Å². The quantitative estimate of drug-likeness (QED) is 0.506. The summed E-state index contributed by atoms with van der Waals surface area (Å²) in [5, 5.41) is 2.98. The van der Waals surface area contributed by atoms with Crippen molar-refractivity contribution in [1.82, 2.24) is 5.32 Å². The zero-order chi connectivity index (χ0) is 16.0. The van der Waals surface area contributed by atoms with Crippen LogP contribution in [0.4, 0.5) is 0 Å². The lowest BCUT2D eigenvalue weighted by Gasteiger charge is -2.06. The van der Waals surface area contributed by atoms with Crippen molar-refractivity contribution in [2.45, 2.75) is 71.1 Å². The molecule has 123 valence electrons. The Morgan fingerprint density at radius 1 is 0.955 bits per heavy atom. The molecule has 0 aliphatic carbocycles. The molecule has 0 fully saturated rings. The maximum absolute atomic E-state index is 11.9. The summed E-state index contributed by atoms with van der Waals surface area (Å²) in [6.07, 6.45) is 13.2. The third-order valence-electron chi connectivity index (χ3n) is 4.01. The van der Waals surface area contributed by atoms with Crippen LogP contribution in [0.1, 0.15) is 87.1 Å². The summed E-state index contributed by atoms with van der Waals surface area (Å²) in [7, 11) is 0. The molecule has 0 bridgehead atoms. The van der Waals surface area contributed by atoms with E-state index in [4.69, 9.17) is 0 Å². The first-order valence-corrected chi connectivity index (χ1v) is 8.94. The van der Waals surface area contributed by atoms with Crippen molar-refractivity contribution in [3.05, 3.63) is 42.3 Å². The van der Waals surface area contributed by atoms with Crippen molar-refractivity contribution >= 4 is 5.91 Å². The number of nitrogens with one attached hydrogen (secondary N) is 1. The molecule has 0 aliphatic rings. The fraction of sp³-hybridized carbons (Fsp3) is 0.600. The topological polar surface area (TPSA) is 29.1 Å². The third kappa shape index (κ3) is 8.86. The second kappa shape index (κ2) is 12.3. The van der Waals surface area contributed by atoms with Gasteiger partial charge in [-0.2, -0.15) is 0 Å². The van der Waals surface area contributed by atoms with Crippen LogP contribution in [0, 0.1) is 6.92 Å². The Kier molecular flexibility index (Phi) is 10.4. The number of amides is 1. The fourth-order valence-electron chi connectivity index (χ4n) is 2.63. The maximum atomic E-state index is 11.9. The fourth-order valence-corrected chi connectivity index (χ4v) is 2.63. The number of hydrogen-bond donors (Lipinski definition) is 1. The minimum Gasteiger partial charge on any atom is -0.352 e. The van der Waals surface area contributed by atoms with E-state index in [9.17, 15) is 4.79 Å². The Morgan fingerprint density at radius 3 is 2.14 bits per heavy atom. The summed E-state index contributed by atoms with van der Waals surface area (Å²) in [4.78, 5) is 11.9. The van der Waals surface area contributed by atoms with Gasteiger partial charge in [-0.05, 0) is 31.0 Å². The van der Waals surface area contributed by atoms with E-state index in [1.165, 1.54) is 57.8 Å². The second-order valence-electron chi connectivity index (χ2n) is 6.14. The standard InChI is InChI=1S/C20H32NO/c1-3-4-5-6-7-8-9-10-11-12-16-21-20(22)19-15-13-14-18(2)17-19/h13-15,17H,2-12,16H2,1H3,(H,21,22). The van der Waals surface area contributed by atoms with E-state index in [1.54, 1.807) is 0 Å². The summed E-state index contributed by atoms with van der Waals surface area (Å²) in [5.41, 5.74) is 1.59.